The summed E-state index contributed by atoms with van der Waals surface area (Å²) in [4.78, 5) is 49.2. The Kier molecular flexibility index (Phi) is 10.7. The first-order valence-corrected chi connectivity index (χ1v) is 10.2. The van der Waals surface area contributed by atoms with Gasteiger partial charge in [0.15, 0.2) is 5.78 Å². The molecule has 1 fully saturated rings. The highest BCUT2D eigenvalue weighted by Crippen LogP contribution is 2.19. The van der Waals surface area contributed by atoms with Crippen LogP contribution in [0.25, 0.3) is 0 Å². The van der Waals surface area contributed by atoms with Gasteiger partial charge < -0.3 is 20.7 Å². The quantitative estimate of drug-likeness (QED) is 0.422. The fourth-order valence-electron chi connectivity index (χ4n) is 3.37. The number of hydrogen-bond acceptors (Lipinski definition) is 6. The largest absolute Gasteiger partial charge is 0.467 e. The van der Waals surface area contributed by atoms with Gasteiger partial charge in [-0.15, -0.1) is 0 Å². The average Bonchev–Trinajstić information content (AvgIpc) is 3.17. The average molecular weight is 398 g/mol. The normalized spacial score (nSPS) is 20.9. The smallest absolute Gasteiger partial charge is 0.328 e. The summed E-state index contributed by atoms with van der Waals surface area (Å²) < 4.78 is 4.78. The zero-order valence-electron chi connectivity index (χ0n) is 17.5. The third kappa shape index (κ3) is 7.22. The Labute approximate surface area is 167 Å². The van der Waals surface area contributed by atoms with E-state index in [4.69, 9.17) is 4.74 Å². The first-order valence-electron chi connectivity index (χ1n) is 10.2. The van der Waals surface area contributed by atoms with E-state index in [0.717, 1.165) is 25.7 Å². The number of carbonyl (C=O) groups is 4. The number of methoxy groups -OCH3 is 1. The van der Waals surface area contributed by atoms with Crippen LogP contribution in [0.15, 0.2) is 0 Å². The van der Waals surface area contributed by atoms with Gasteiger partial charge in [-0.1, -0.05) is 39.5 Å². The number of ether oxygens (including phenoxy) is 1. The number of ketones is 1. The number of amides is 2. The molecule has 0 bridgehead atoms. The standard InChI is InChI=1S/C20H35N3O5/c1-5-7-9-16(13(3)24)22-18(25)14-11-21-12-15(14)19(26)23-17(10-8-6-2)20(27)28-4/h14-17,21H,5-12H2,1-4H3,(H,22,25)(H,23,26)/t14-,15-,16+,17+/m1/s1. The molecule has 4 atom stereocenters. The Bertz CT molecular complexity index is 552. The van der Waals surface area contributed by atoms with Gasteiger partial charge in [-0.3, -0.25) is 14.4 Å². The monoisotopic (exact) mass is 397 g/mol. The Hall–Kier alpha value is -1.96. The van der Waals surface area contributed by atoms with Crippen LogP contribution in [0.3, 0.4) is 0 Å². The summed E-state index contributed by atoms with van der Waals surface area (Å²) in [6.07, 6.45) is 4.54. The number of Topliss-reactive ketones (excluding diaryl/α,β-unsaturated/α-hetero) is 1. The maximum absolute atomic E-state index is 12.7. The van der Waals surface area contributed by atoms with Crippen molar-refractivity contribution in [3.05, 3.63) is 0 Å². The molecule has 1 rings (SSSR count). The van der Waals surface area contributed by atoms with Crippen LogP contribution in [0, 0.1) is 11.8 Å². The van der Waals surface area contributed by atoms with E-state index < -0.39 is 29.9 Å². The molecule has 0 aliphatic carbocycles. The Morgan fingerprint density at radius 2 is 1.39 bits per heavy atom. The molecule has 0 aromatic carbocycles. The van der Waals surface area contributed by atoms with Gasteiger partial charge in [-0.05, 0) is 19.8 Å². The third-order valence-corrected chi connectivity index (χ3v) is 5.19. The number of rotatable bonds is 12. The van der Waals surface area contributed by atoms with E-state index in [1.165, 1.54) is 14.0 Å². The fourth-order valence-corrected chi connectivity index (χ4v) is 3.37. The van der Waals surface area contributed by atoms with Crippen molar-refractivity contribution in [3.63, 3.8) is 0 Å². The van der Waals surface area contributed by atoms with E-state index in [-0.39, 0.29) is 17.6 Å². The first-order chi connectivity index (χ1) is 13.3. The Morgan fingerprint density at radius 1 is 0.929 bits per heavy atom. The molecule has 1 aliphatic rings. The van der Waals surface area contributed by atoms with Crippen LogP contribution in [0.5, 0.6) is 0 Å². The highest BCUT2D eigenvalue weighted by molar-refractivity contribution is 5.93. The summed E-state index contributed by atoms with van der Waals surface area (Å²) in [6.45, 7) is 6.20. The van der Waals surface area contributed by atoms with E-state index in [0.29, 0.717) is 25.9 Å². The fraction of sp³-hybridized carbons (Fsp3) is 0.800. The number of unbranched alkanes of at least 4 members (excludes halogenated alkanes) is 2. The highest BCUT2D eigenvalue weighted by atomic mass is 16.5. The van der Waals surface area contributed by atoms with Crippen LogP contribution in [0.2, 0.25) is 0 Å². The van der Waals surface area contributed by atoms with Crippen molar-refractivity contribution in [1.29, 1.82) is 0 Å². The van der Waals surface area contributed by atoms with E-state index in [1.807, 2.05) is 13.8 Å². The lowest BCUT2D eigenvalue weighted by atomic mass is 9.93. The molecule has 1 heterocycles. The second-order valence-corrected chi connectivity index (χ2v) is 7.41. The van der Waals surface area contributed by atoms with Gasteiger partial charge >= 0.3 is 5.97 Å². The second-order valence-electron chi connectivity index (χ2n) is 7.41. The van der Waals surface area contributed by atoms with Crippen molar-refractivity contribution in [2.45, 2.75) is 71.4 Å². The lowest BCUT2D eigenvalue weighted by Gasteiger charge is -2.23. The minimum atomic E-state index is -0.712. The molecule has 0 unspecified atom stereocenters. The van der Waals surface area contributed by atoms with E-state index >= 15 is 0 Å². The first kappa shape index (κ1) is 24.1. The Balaban J connectivity index is 2.75. The lowest BCUT2D eigenvalue weighted by molar-refractivity contribution is -0.146. The predicted octanol–water partition coefficient (Wildman–Crippen LogP) is 0.934. The molecule has 0 spiro atoms. The van der Waals surface area contributed by atoms with Gasteiger partial charge in [-0.25, -0.2) is 4.79 Å². The van der Waals surface area contributed by atoms with E-state index in [9.17, 15) is 19.2 Å². The SMILES string of the molecule is CCCC[C@H](NC(=O)[C@@H]1CNC[C@H]1C(=O)N[C@@H](CCCC)C(=O)OC)C(C)=O. The minimum Gasteiger partial charge on any atom is -0.467 e. The van der Waals surface area contributed by atoms with Gasteiger partial charge in [0.05, 0.1) is 25.0 Å². The molecule has 3 N–H and O–H groups in total. The molecular formula is C20H35N3O5. The maximum atomic E-state index is 12.7. The molecule has 0 aromatic rings. The zero-order chi connectivity index (χ0) is 21.1. The van der Waals surface area contributed by atoms with Gasteiger partial charge in [-0.2, -0.15) is 0 Å². The maximum Gasteiger partial charge on any atom is 0.328 e. The molecule has 1 aliphatic heterocycles. The lowest BCUT2D eigenvalue weighted by Crippen LogP contribution is -2.49. The third-order valence-electron chi connectivity index (χ3n) is 5.19. The van der Waals surface area contributed by atoms with E-state index in [2.05, 4.69) is 16.0 Å². The number of nitrogens with one attached hydrogen (secondary N) is 3. The molecule has 8 heteroatoms. The number of carbonyl (C=O) groups excluding carboxylic acids is 4. The van der Waals surface area contributed by atoms with Crippen LogP contribution in [0.4, 0.5) is 0 Å². The summed E-state index contributed by atoms with van der Waals surface area (Å²) >= 11 is 0. The van der Waals surface area contributed by atoms with Gasteiger partial charge in [0, 0.05) is 13.1 Å². The molecule has 28 heavy (non-hydrogen) atoms. The molecule has 0 saturated carbocycles. The van der Waals surface area contributed by atoms with Crippen molar-refractivity contribution in [2.75, 3.05) is 20.2 Å². The summed E-state index contributed by atoms with van der Waals surface area (Å²) in [7, 11) is 1.29. The van der Waals surface area contributed by atoms with E-state index in [1.54, 1.807) is 0 Å². The molecule has 0 radical (unpaired) electrons. The molecule has 8 nitrogen and oxygen atoms in total. The van der Waals surface area contributed by atoms with Crippen LogP contribution in [-0.2, 0) is 23.9 Å². The van der Waals surface area contributed by atoms with Crippen LogP contribution in [-0.4, -0.2) is 55.8 Å². The Morgan fingerprint density at radius 3 is 1.82 bits per heavy atom. The molecule has 160 valence electrons. The topological polar surface area (TPSA) is 114 Å². The molecule has 2 amide bonds. The zero-order valence-corrected chi connectivity index (χ0v) is 17.5. The van der Waals surface area contributed by atoms with Crippen molar-refractivity contribution >= 4 is 23.6 Å². The predicted molar refractivity (Wildman–Crippen MR) is 105 cm³/mol. The molecular weight excluding hydrogens is 362 g/mol. The summed E-state index contributed by atoms with van der Waals surface area (Å²) in [5.41, 5.74) is 0. The highest BCUT2D eigenvalue weighted by Gasteiger charge is 2.39. The summed E-state index contributed by atoms with van der Waals surface area (Å²) in [5.74, 6) is -2.38. The number of hydrogen-bond donors (Lipinski definition) is 3. The van der Waals surface area contributed by atoms with Crippen molar-refractivity contribution in [1.82, 2.24) is 16.0 Å². The van der Waals surface area contributed by atoms with Crippen LogP contribution in [0.1, 0.15) is 59.3 Å². The van der Waals surface area contributed by atoms with Gasteiger partial charge in [0.1, 0.15) is 6.04 Å². The van der Waals surface area contributed by atoms with Crippen molar-refractivity contribution in [3.8, 4) is 0 Å². The van der Waals surface area contributed by atoms with Gasteiger partial charge in [0.2, 0.25) is 11.8 Å². The van der Waals surface area contributed by atoms with Crippen LogP contribution < -0.4 is 16.0 Å². The van der Waals surface area contributed by atoms with Crippen LogP contribution >= 0.6 is 0 Å². The summed E-state index contributed by atoms with van der Waals surface area (Å²) in [5, 5.41) is 8.61. The van der Waals surface area contributed by atoms with Crippen molar-refractivity contribution < 1.29 is 23.9 Å². The summed E-state index contributed by atoms with van der Waals surface area (Å²) in [6, 6.07) is -1.24. The minimum absolute atomic E-state index is 0.0842. The molecule has 1 saturated heterocycles. The second kappa shape index (κ2) is 12.5. The molecule has 0 aromatic heterocycles. The van der Waals surface area contributed by atoms with Crippen molar-refractivity contribution in [2.24, 2.45) is 11.8 Å². The van der Waals surface area contributed by atoms with Gasteiger partial charge in [0.25, 0.3) is 0 Å². The number of esters is 1.